The van der Waals surface area contributed by atoms with Crippen LogP contribution in [0.25, 0.3) is 0 Å². The van der Waals surface area contributed by atoms with Crippen molar-refractivity contribution in [3.8, 4) is 0 Å². The highest BCUT2D eigenvalue weighted by Crippen LogP contribution is 2.40. The van der Waals surface area contributed by atoms with Gasteiger partial charge in [0, 0.05) is 26.2 Å². The molecule has 3 heteroatoms. The van der Waals surface area contributed by atoms with Crippen LogP contribution in [0.2, 0.25) is 0 Å². The van der Waals surface area contributed by atoms with Gasteiger partial charge in [-0.3, -0.25) is 4.90 Å². The van der Waals surface area contributed by atoms with Gasteiger partial charge in [0.05, 0.1) is 12.7 Å². The first-order chi connectivity index (χ1) is 9.85. The van der Waals surface area contributed by atoms with Gasteiger partial charge in [0.1, 0.15) is 0 Å². The van der Waals surface area contributed by atoms with E-state index in [-0.39, 0.29) is 0 Å². The van der Waals surface area contributed by atoms with Crippen molar-refractivity contribution in [2.24, 2.45) is 0 Å². The second-order valence-electron chi connectivity index (χ2n) is 6.04. The summed E-state index contributed by atoms with van der Waals surface area (Å²) in [7, 11) is 0. The average Bonchev–Trinajstić information content (AvgIpc) is 3.33. The van der Waals surface area contributed by atoms with Crippen LogP contribution < -0.4 is 5.32 Å². The second-order valence-corrected chi connectivity index (χ2v) is 6.04. The van der Waals surface area contributed by atoms with Gasteiger partial charge in [-0.2, -0.15) is 0 Å². The largest absolute Gasteiger partial charge is 0.374 e. The highest BCUT2D eigenvalue weighted by molar-refractivity contribution is 5.29. The van der Waals surface area contributed by atoms with Gasteiger partial charge in [0.25, 0.3) is 0 Å². The van der Waals surface area contributed by atoms with Crippen LogP contribution in [0.15, 0.2) is 24.3 Å². The number of rotatable bonds is 6. The van der Waals surface area contributed by atoms with Gasteiger partial charge < -0.3 is 10.1 Å². The molecule has 1 saturated carbocycles. The van der Waals surface area contributed by atoms with Crippen LogP contribution >= 0.6 is 0 Å². The lowest BCUT2D eigenvalue weighted by atomic mass is 10.1. The van der Waals surface area contributed by atoms with E-state index in [0.717, 1.165) is 45.2 Å². The topological polar surface area (TPSA) is 24.5 Å². The molecule has 110 valence electrons. The maximum Gasteiger partial charge on any atom is 0.0826 e. The van der Waals surface area contributed by atoms with E-state index in [9.17, 15) is 0 Å². The zero-order chi connectivity index (χ0) is 13.8. The maximum atomic E-state index is 5.82. The third-order valence-corrected chi connectivity index (χ3v) is 4.37. The molecular formula is C17H26N2O. The molecule has 1 aliphatic carbocycles. The van der Waals surface area contributed by atoms with E-state index in [1.165, 1.54) is 24.0 Å². The average molecular weight is 274 g/mol. The van der Waals surface area contributed by atoms with Gasteiger partial charge >= 0.3 is 0 Å². The van der Waals surface area contributed by atoms with Gasteiger partial charge in [-0.1, -0.05) is 31.2 Å². The van der Waals surface area contributed by atoms with E-state index in [4.69, 9.17) is 4.74 Å². The number of nitrogens with one attached hydrogen (secondary N) is 1. The Morgan fingerprint density at radius 2 is 2.25 bits per heavy atom. The Hall–Kier alpha value is -0.900. The van der Waals surface area contributed by atoms with E-state index in [1.54, 1.807) is 0 Å². The Bertz CT molecular complexity index is 431. The van der Waals surface area contributed by atoms with Crippen molar-refractivity contribution in [3.05, 3.63) is 35.4 Å². The lowest BCUT2D eigenvalue weighted by Gasteiger charge is -2.32. The van der Waals surface area contributed by atoms with Gasteiger partial charge in [-0.25, -0.2) is 0 Å². The highest BCUT2D eigenvalue weighted by Gasteiger charge is 2.23. The predicted octanol–water partition coefficient (Wildman–Crippen LogP) is 2.37. The second kappa shape index (κ2) is 6.70. The third kappa shape index (κ3) is 3.81. The summed E-state index contributed by atoms with van der Waals surface area (Å²) in [5.41, 5.74) is 2.92. The number of hydrogen-bond acceptors (Lipinski definition) is 3. The molecular weight excluding hydrogens is 248 g/mol. The first kappa shape index (κ1) is 14.1. The molecule has 3 rings (SSSR count). The van der Waals surface area contributed by atoms with Crippen molar-refractivity contribution >= 4 is 0 Å². The molecule has 2 aliphatic rings. The van der Waals surface area contributed by atoms with Crippen molar-refractivity contribution in [1.29, 1.82) is 0 Å². The number of ether oxygens (including phenoxy) is 1. The maximum absolute atomic E-state index is 5.82. The van der Waals surface area contributed by atoms with E-state index >= 15 is 0 Å². The summed E-state index contributed by atoms with van der Waals surface area (Å²) < 4.78 is 5.82. The van der Waals surface area contributed by atoms with Gasteiger partial charge in [-0.15, -0.1) is 0 Å². The fourth-order valence-corrected chi connectivity index (χ4v) is 2.94. The van der Waals surface area contributed by atoms with Gasteiger partial charge in [0.15, 0.2) is 0 Å². The van der Waals surface area contributed by atoms with Crippen LogP contribution in [0.3, 0.4) is 0 Å². The Morgan fingerprint density at radius 1 is 1.35 bits per heavy atom. The standard InChI is InChI=1S/C17H26N2O/c1-2-19-8-9-20-17(13-19)12-18-11-14-4-3-5-16(10-14)15-6-7-15/h3-5,10,15,17-18H,2,6-9,11-13H2,1H3. The van der Waals surface area contributed by atoms with E-state index in [1.807, 2.05) is 0 Å². The molecule has 1 heterocycles. The summed E-state index contributed by atoms with van der Waals surface area (Å²) in [4.78, 5) is 2.46. The van der Waals surface area contributed by atoms with Crippen LogP contribution in [-0.2, 0) is 11.3 Å². The summed E-state index contributed by atoms with van der Waals surface area (Å²) in [6, 6.07) is 9.05. The predicted molar refractivity (Wildman–Crippen MR) is 82.0 cm³/mol. The summed E-state index contributed by atoms with van der Waals surface area (Å²) >= 11 is 0. The Morgan fingerprint density at radius 3 is 3.05 bits per heavy atom. The molecule has 1 aromatic carbocycles. The van der Waals surface area contributed by atoms with Crippen molar-refractivity contribution < 1.29 is 4.74 Å². The molecule has 0 bridgehead atoms. The molecule has 0 amide bonds. The lowest BCUT2D eigenvalue weighted by Crippen LogP contribution is -2.46. The molecule has 0 spiro atoms. The summed E-state index contributed by atoms with van der Waals surface area (Å²) in [5, 5.41) is 3.55. The molecule has 1 unspecified atom stereocenters. The number of benzene rings is 1. The van der Waals surface area contributed by atoms with Crippen molar-refractivity contribution in [1.82, 2.24) is 10.2 Å². The minimum atomic E-state index is 0.343. The molecule has 1 aromatic rings. The zero-order valence-corrected chi connectivity index (χ0v) is 12.5. The highest BCUT2D eigenvalue weighted by atomic mass is 16.5. The Kier molecular flexibility index (Phi) is 4.71. The van der Waals surface area contributed by atoms with Crippen molar-refractivity contribution in [2.75, 3.05) is 32.8 Å². The van der Waals surface area contributed by atoms with E-state index < -0.39 is 0 Å². The fraction of sp³-hybridized carbons (Fsp3) is 0.647. The molecule has 1 atom stereocenters. The minimum absolute atomic E-state index is 0.343. The molecule has 20 heavy (non-hydrogen) atoms. The van der Waals surface area contributed by atoms with Crippen LogP contribution in [-0.4, -0.2) is 43.8 Å². The summed E-state index contributed by atoms with van der Waals surface area (Å²) in [5.74, 6) is 0.842. The smallest absolute Gasteiger partial charge is 0.0826 e. The summed E-state index contributed by atoms with van der Waals surface area (Å²) in [6.07, 6.45) is 3.09. The number of hydrogen-bond donors (Lipinski definition) is 1. The van der Waals surface area contributed by atoms with E-state index in [2.05, 4.69) is 41.4 Å². The molecule has 0 radical (unpaired) electrons. The molecule has 0 aromatic heterocycles. The Labute approximate surface area is 122 Å². The molecule has 2 fully saturated rings. The Balaban J connectivity index is 1.44. The van der Waals surface area contributed by atoms with Crippen LogP contribution in [0.4, 0.5) is 0 Å². The fourth-order valence-electron chi connectivity index (χ4n) is 2.94. The van der Waals surface area contributed by atoms with Crippen molar-refractivity contribution in [3.63, 3.8) is 0 Å². The quantitative estimate of drug-likeness (QED) is 0.862. The number of likely N-dealkylation sites (N-methyl/N-ethyl adjacent to an activating group) is 1. The number of morpholine rings is 1. The van der Waals surface area contributed by atoms with Gasteiger partial charge in [0.2, 0.25) is 0 Å². The first-order valence-electron chi connectivity index (χ1n) is 7.98. The molecule has 1 aliphatic heterocycles. The third-order valence-electron chi connectivity index (χ3n) is 4.37. The summed E-state index contributed by atoms with van der Waals surface area (Å²) in [6.45, 7) is 8.26. The van der Waals surface area contributed by atoms with Crippen LogP contribution in [0.5, 0.6) is 0 Å². The first-order valence-corrected chi connectivity index (χ1v) is 7.98. The zero-order valence-electron chi connectivity index (χ0n) is 12.5. The van der Waals surface area contributed by atoms with E-state index in [0.29, 0.717) is 6.10 Å². The molecule has 1 N–H and O–H groups in total. The van der Waals surface area contributed by atoms with Crippen molar-refractivity contribution in [2.45, 2.75) is 38.3 Å². The van der Waals surface area contributed by atoms with Gasteiger partial charge in [-0.05, 0) is 36.4 Å². The van der Waals surface area contributed by atoms with Crippen LogP contribution in [0.1, 0.15) is 36.8 Å². The normalized spacial score (nSPS) is 23.9. The molecule has 3 nitrogen and oxygen atoms in total. The monoisotopic (exact) mass is 274 g/mol. The molecule has 1 saturated heterocycles. The van der Waals surface area contributed by atoms with Crippen LogP contribution in [0, 0.1) is 0 Å². The SMILES string of the molecule is CCN1CCOC(CNCc2cccc(C3CC3)c2)C1. The lowest BCUT2D eigenvalue weighted by molar-refractivity contribution is -0.0253. The minimum Gasteiger partial charge on any atom is -0.374 e. The number of nitrogens with zero attached hydrogens (tertiary/aromatic N) is 1.